The number of rotatable bonds is 4. The lowest BCUT2D eigenvalue weighted by Gasteiger charge is -2.10. The van der Waals surface area contributed by atoms with E-state index in [4.69, 9.17) is 11.6 Å². The van der Waals surface area contributed by atoms with E-state index in [0.29, 0.717) is 28.7 Å². The van der Waals surface area contributed by atoms with Crippen LogP contribution >= 0.6 is 11.6 Å². The Balaban J connectivity index is 2.25. The summed E-state index contributed by atoms with van der Waals surface area (Å²) in [6.45, 7) is 4.66. The molecule has 0 radical (unpaired) electrons. The van der Waals surface area contributed by atoms with Crippen LogP contribution < -0.4 is 5.32 Å². The Hall–Kier alpha value is -1.95. The molecule has 1 amide bonds. The number of tetrazole rings is 1. The summed E-state index contributed by atoms with van der Waals surface area (Å²) in [5, 5.41) is 14.1. The van der Waals surface area contributed by atoms with Gasteiger partial charge in [0.2, 0.25) is 0 Å². The third-order valence-electron chi connectivity index (χ3n) is 2.48. The van der Waals surface area contributed by atoms with Gasteiger partial charge in [-0.15, -0.1) is 5.10 Å². The minimum Gasteiger partial charge on any atom is -0.352 e. The van der Waals surface area contributed by atoms with E-state index in [-0.39, 0.29) is 5.91 Å². The minimum absolute atomic E-state index is 0.200. The van der Waals surface area contributed by atoms with Crippen LogP contribution in [0.1, 0.15) is 24.2 Å². The Kier molecular flexibility index (Phi) is 4.11. The van der Waals surface area contributed by atoms with E-state index in [1.165, 1.54) is 11.0 Å². The third-order valence-corrected chi connectivity index (χ3v) is 2.81. The smallest absolute Gasteiger partial charge is 0.252 e. The van der Waals surface area contributed by atoms with Gasteiger partial charge in [-0.25, -0.2) is 4.68 Å². The zero-order valence-electron chi connectivity index (χ0n) is 10.7. The van der Waals surface area contributed by atoms with E-state index in [0.717, 1.165) is 0 Å². The lowest BCUT2D eigenvalue weighted by molar-refractivity contribution is 0.0949. The highest BCUT2D eigenvalue weighted by Gasteiger charge is 2.12. The zero-order valence-corrected chi connectivity index (χ0v) is 11.4. The number of nitrogens with one attached hydrogen (secondary N) is 1. The fourth-order valence-corrected chi connectivity index (χ4v) is 1.70. The third kappa shape index (κ3) is 3.29. The molecule has 0 aliphatic carbocycles. The first-order chi connectivity index (χ1) is 9.08. The maximum atomic E-state index is 12.0. The van der Waals surface area contributed by atoms with E-state index in [9.17, 15) is 4.79 Å². The molecular formula is C12H14ClN5O. The summed E-state index contributed by atoms with van der Waals surface area (Å²) in [5.41, 5.74) is 1.10. The van der Waals surface area contributed by atoms with Gasteiger partial charge in [-0.1, -0.05) is 25.4 Å². The number of aromatic nitrogens is 4. The van der Waals surface area contributed by atoms with Crippen molar-refractivity contribution < 1.29 is 4.79 Å². The SMILES string of the molecule is CC(C)CNC(=O)c1cc(-n2cnnn2)ccc1Cl. The molecular weight excluding hydrogens is 266 g/mol. The van der Waals surface area contributed by atoms with Crippen molar-refractivity contribution in [2.24, 2.45) is 5.92 Å². The van der Waals surface area contributed by atoms with Crippen LogP contribution in [0.3, 0.4) is 0 Å². The van der Waals surface area contributed by atoms with Gasteiger partial charge in [0, 0.05) is 6.54 Å². The summed E-state index contributed by atoms with van der Waals surface area (Å²) in [7, 11) is 0. The van der Waals surface area contributed by atoms with Crippen LogP contribution in [0.5, 0.6) is 0 Å². The largest absolute Gasteiger partial charge is 0.352 e. The van der Waals surface area contributed by atoms with Crippen LogP contribution in [0, 0.1) is 5.92 Å². The minimum atomic E-state index is -0.200. The average molecular weight is 280 g/mol. The molecule has 19 heavy (non-hydrogen) atoms. The molecule has 1 heterocycles. The van der Waals surface area contributed by atoms with E-state index >= 15 is 0 Å². The van der Waals surface area contributed by atoms with Crippen LogP contribution in [0.15, 0.2) is 24.5 Å². The van der Waals surface area contributed by atoms with E-state index in [1.54, 1.807) is 18.2 Å². The number of carbonyl (C=O) groups is 1. The van der Waals surface area contributed by atoms with Crippen molar-refractivity contribution in [2.75, 3.05) is 6.54 Å². The fourth-order valence-electron chi connectivity index (χ4n) is 1.50. The molecule has 6 nitrogen and oxygen atoms in total. The molecule has 0 spiro atoms. The van der Waals surface area contributed by atoms with Crippen LogP contribution in [-0.4, -0.2) is 32.7 Å². The number of benzene rings is 1. The summed E-state index contributed by atoms with van der Waals surface area (Å²) in [5.74, 6) is 0.180. The summed E-state index contributed by atoms with van der Waals surface area (Å²) in [6.07, 6.45) is 1.46. The van der Waals surface area contributed by atoms with Gasteiger partial charge in [-0.05, 0) is 34.5 Å². The first-order valence-corrected chi connectivity index (χ1v) is 6.27. The molecule has 0 aliphatic rings. The predicted octanol–water partition coefficient (Wildman–Crippen LogP) is 1.70. The molecule has 0 unspecified atom stereocenters. The maximum Gasteiger partial charge on any atom is 0.252 e. The van der Waals surface area contributed by atoms with Gasteiger partial charge in [0.15, 0.2) is 0 Å². The van der Waals surface area contributed by atoms with Gasteiger partial charge >= 0.3 is 0 Å². The van der Waals surface area contributed by atoms with Crippen molar-refractivity contribution in [2.45, 2.75) is 13.8 Å². The molecule has 1 aromatic carbocycles. The first-order valence-electron chi connectivity index (χ1n) is 5.89. The molecule has 1 aromatic heterocycles. The van der Waals surface area contributed by atoms with Gasteiger partial charge in [0.1, 0.15) is 6.33 Å². The van der Waals surface area contributed by atoms with Gasteiger partial charge in [-0.2, -0.15) is 0 Å². The monoisotopic (exact) mass is 279 g/mol. The molecule has 1 N–H and O–H groups in total. The van der Waals surface area contributed by atoms with Crippen molar-refractivity contribution in [3.05, 3.63) is 35.1 Å². The zero-order chi connectivity index (χ0) is 13.8. The lowest BCUT2D eigenvalue weighted by atomic mass is 10.1. The molecule has 0 bridgehead atoms. The number of nitrogens with zero attached hydrogens (tertiary/aromatic N) is 4. The molecule has 0 saturated heterocycles. The highest BCUT2D eigenvalue weighted by Crippen LogP contribution is 2.19. The van der Waals surface area contributed by atoms with Crippen molar-refractivity contribution >= 4 is 17.5 Å². The van der Waals surface area contributed by atoms with E-state index in [1.807, 2.05) is 13.8 Å². The summed E-state index contributed by atoms with van der Waals surface area (Å²) >= 11 is 6.05. The second-order valence-electron chi connectivity index (χ2n) is 4.52. The van der Waals surface area contributed by atoms with Crippen molar-refractivity contribution in [3.63, 3.8) is 0 Å². The molecule has 100 valence electrons. The Morgan fingerprint density at radius 1 is 1.47 bits per heavy atom. The van der Waals surface area contributed by atoms with Crippen LogP contribution in [0.4, 0.5) is 0 Å². The fraction of sp³-hybridized carbons (Fsp3) is 0.333. The van der Waals surface area contributed by atoms with Crippen molar-refractivity contribution in [3.8, 4) is 5.69 Å². The topological polar surface area (TPSA) is 72.7 Å². The Bertz CT molecular complexity index is 568. The maximum absolute atomic E-state index is 12.0. The van der Waals surface area contributed by atoms with Gasteiger partial charge in [-0.3, -0.25) is 4.79 Å². The predicted molar refractivity (Wildman–Crippen MR) is 71.3 cm³/mol. The second-order valence-corrected chi connectivity index (χ2v) is 4.93. The van der Waals surface area contributed by atoms with E-state index < -0.39 is 0 Å². The number of amides is 1. The number of hydrogen-bond acceptors (Lipinski definition) is 4. The highest BCUT2D eigenvalue weighted by atomic mass is 35.5. The van der Waals surface area contributed by atoms with Crippen LogP contribution in [-0.2, 0) is 0 Å². The molecule has 0 saturated carbocycles. The number of hydrogen-bond donors (Lipinski definition) is 1. The normalized spacial score (nSPS) is 10.7. The quantitative estimate of drug-likeness (QED) is 0.924. The molecule has 0 fully saturated rings. The molecule has 2 aromatic rings. The first kappa shape index (κ1) is 13.5. The number of halogens is 1. The molecule has 0 atom stereocenters. The van der Waals surface area contributed by atoms with Crippen molar-refractivity contribution in [1.29, 1.82) is 0 Å². The van der Waals surface area contributed by atoms with Gasteiger partial charge in [0.25, 0.3) is 5.91 Å². The molecule has 7 heteroatoms. The summed E-state index contributed by atoms with van der Waals surface area (Å²) < 4.78 is 1.47. The lowest BCUT2D eigenvalue weighted by Crippen LogP contribution is -2.27. The van der Waals surface area contributed by atoms with E-state index in [2.05, 4.69) is 20.8 Å². The second kappa shape index (κ2) is 5.79. The number of carbonyl (C=O) groups excluding carboxylic acids is 1. The Morgan fingerprint density at radius 3 is 2.89 bits per heavy atom. The highest BCUT2D eigenvalue weighted by molar-refractivity contribution is 6.33. The summed E-state index contributed by atoms with van der Waals surface area (Å²) in [6, 6.07) is 5.06. The molecule has 2 rings (SSSR count). The van der Waals surface area contributed by atoms with Gasteiger partial charge in [0.05, 0.1) is 16.3 Å². The van der Waals surface area contributed by atoms with Gasteiger partial charge < -0.3 is 5.32 Å². The molecule has 0 aliphatic heterocycles. The van der Waals surface area contributed by atoms with Crippen LogP contribution in [0.25, 0.3) is 5.69 Å². The Labute approximate surface area is 115 Å². The van der Waals surface area contributed by atoms with Crippen LogP contribution in [0.2, 0.25) is 5.02 Å². The Morgan fingerprint density at radius 2 is 2.26 bits per heavy atom. The van der Waals surface area contributed by atoms with Crippen molar-refractivity contribution in [1.82, 2.24) is 25.5 Å². The average Bonchev–Trinajstić information content (AvgIpc) is 2.90. The summed E-state index contributed by atoms with van der Waals surface area (Å²) in [4.78, 5) is 12.0. The standard InChI is InChI=1S/C12H14ClN5O/c1-8(2)6-14-12(19)10-5-9(3-4-11(10)13)18-7-15-16-17-18/h3-5,7-8H,6H2,1-2H3,(H,14,19).